The summed E-state index contributed by atoms with van der Waals surface area (Å²) in [7, 11) is 0. The third-order valence-corrected chi connectivity index (χ3v) is 9.22. The molecule has 5 nitrogen and oxygen atoms in total. The van der Waals surface area contributed by atoms with Crippen LogP contribution in [-0.4, -0.2) is 46.7 Å². The minimum absolute atomic E-state index is 0.120. The van der Waals surface area contributed by atoms with Crippen LogP contribution < -0.4 is 5.32 Å². The molecule has 4 aromatic rings. The molecule has 0 aliphatic carbocycles. The van der Waals surface area contributed by atoms with E-state index in [1.54, 1.807) is 23.6 Å². The number of aromatic nitrogens is 2. The van der Waals surface area contributed by atoms with Crippen LogP contribution >= 0.6 is 22.7 Å². The second kappa shape index (κ2) is 8.23. The van der Waals surface area contributed by atoms with Crippen LogP contribution in [0.3, 0.4) is 0 Å². The topological polar surface area (TPSA) is 50.3 Å². The van der Waals surface area contributed by atoms with Gasteiger partial charge >= 0.3 is 0 Å². The molecule has 9 heteroatoms. The zero-order valence-corrected chi connectivity index (χ0v) is 19.9. The number of nitrogens with zero attached hydrogens (tertiary/aromatic N) is 3. The van der Waals surface area contributed by atoms with E-state index < -0.39 is 11.6 Å². The fourth-order valence-electron chi connectivity index (χ4n) is 5.69. The smallest absolute Gasteiger partial charge is 0.176 e. The number of thiophene rings is 1. The van der Waals surface area contributed by atoms with Crippen LogP contribution in [0.25, 0.3) is 20.4 Å². The van der Waals surface area contributed by atoms with Crippen molar-refractivity contribution in [2.45, 2.75) is 37.6 Å². The lowest BCUT2D eigenvalue weighted by Gasteiger charge is -2.44. The molecule has 0 saturated carbocycles. The average molecular weight is 487 g/mol. The Hall–Kier alpha value is -2.20. The molecule has 2 saturated heterocycles. The number of benzene rings is 1. The number of halogens is 2. The zero-order valence-electron chi connectivity index (χ0n) is 18.2. The molecule has 1 aromatic carbocycles. The number of nitrogens with one attached hydrogen (secondary N) is 1. The monoisotopic (exact) mass is 486 g/mol. The van der Waals surface area contributed by atoms with Gasteiger partial charge in [-0.1, -0.05) is 6.92 Å². The summed E-state index contributed by atoms with van der Waals surface area (Å²) in [6.07, 6.45) is 4.86. The van der Waals surface area contributed by atoms with Crippen molar-refractivity contribution in [1.82, 2.24) is 14.9 Å². The molecule has 2 aliphatic rings. The molecule has 1 atom stereocenters. The Kier molecular flexibility index (Phi) is 5.32. The molecular formula is C24H24F2N4OS2. The van der Waals surface area contributed by atoms with Gasteiger partial charge in [0.05, 0.1) is 15.9 Å². The fraction of sp³-hybridized carbons (Fsp3) is 0.417. The maximum atomic E-state index is 15.0. The van der Waals surface area contributed by atoms with Crippen molar-refractivity contribution in [1.29, 1.82) is 0 Å². The predicted molar refractivity (Wildman–Crippen MR) is 130 cm³/mol. The maximum absolute atomic E-state index is 15.0. The number of likely N-dealkylation sites (N-methyl/N-ethyl adjacent to an activating group) is 1. The maximum Gasteiger partial charge on any atom is 0.176 e. The van der Waals surface area contributed by atoms with E-state index in [4.69, 9.17) is 4.74 Å². The number of ether oxygens (including phenoxy) is 1. The van der Waals surface area contributed by atoms with Crippen molar-refractivity contribution in [3.05, 3.63) is 46.4 Å². The van der Waals surface area contributed by atoms with Crippen LogP contribution in [0.1, 0.15) is 37.0 Å². The third kappa shape index (κ3) is 3.36. The second-order valence-electron chi connectivity index (χ2n) is 8.73. The van der Waals surface area contributed by atoms with Crippen LogP contribution in [0, 0.1) is 11.6 Å². The van der Waals surface area contributed by atoms with Crippen LogP contribution in [0.2, 0.25) is 0 Å². The average Bonchev–Trinajstić information content (AvgIpc) is 3.54. The van der Waals surface area contributed by atoms with Gasteiger partial charge in [0.25, 0.3) is 0 Å². The van der Waals surface area contributed by atoms with Crippen molar-refractivity contribution >= 4 is 54.5 Å². The molecule has 0 radical (unpaired) electrons. The number of pyridine rings is 1. The van der Waals surface area contributed by atoms with Gasteiger partial charge in [0.2, 0.25) is 0 Å². The fourth-order valence-corrected chi connectivity index (χ4v) is 7.66. The molecule has 1 N–H and O–H groups in total. The highest BCUT2D eigenvalue weighted by Gasteiger charge is 2.49. The summed E-state index contributed by atoms with van der Waals surface area (Å²) in [5.74, 6) is -0.879. The van der Waals surface area contributed by atoms with Crippen molar-refractivity contribution in [2.75, 3.05) is 31.6 Å². The van der Waals surface area contributed by atoms with Crippen molar-refractivity contribution < 1.29 is 13.5 Å². The van der Waals surface area contributed by atoms with Gasteiger partial charge in [0, 0.05) is 41.1 Å². The Bertz CT molecular complexity index is 1330. The van der Waals surface area contributed by atoms with Crippen LogP contribution in [0.15, 0.2) is 29.9 Å². The Labute approximate surface area is 198 Å². The van der Waals surface area contributed by atoms with E-state index in [1.807, 2.05) is 0 Å². The lowest BCUT2D eigenvalue weighted by Crippen LogP contribution is -2.50. The van der Waals surface area contributed by atoms with Crippen molar-refractivity contribution in [3.63, 3.8) is 0 Å². The molecule has 0 unspecified atom stereocenters. The van der Waals surface area contributed by atoms with E-state index in [0.29, 0.717) is 16.3 Å². The van der Waals surface area contributed by atoms with Gasteiger partial charge in [-0.25, -0.2) is 18.7 Å². The first-order valence-electron chi connectivity index (χ1n) is 11.3. The summed E-state index contributed by atoms with van der Waals surface area (Å²) < 4.78 is 36.0. The van der Waals surface area contributed by atoms with Gasteiger partial charge < -0.3 is 10.1 Å². The van der Waals surface area contributed by atoms with Crippen LogP contribution in [-0.2, 0) is 4.74 Å². The highest BCUT2D eigenvalue weighted by Crippen LogP contribution is 2.50. The van der Waals surface area contributed by atoms with E-state index in [-0.39, 0.29) is 16.7 Å². The van der Waals surface area contributed by atoms with E-state index in [1.165, 1.54) is 27.8 Å². The molecule has 2 fully saturated rings. The molecule has 1 spiro atoms. The molecule has 6 rings (SSSR count). The predicted octanol–water partition coefficient (Wildman–Crippen LogP) is 6.29. The quantitative estimate of drug-likeness (QED) is 0.368. The summed E-state index contributed by atoms with van der Waals surface area (Å²) in [6, 6.07) is 5.29. The highest BCUT2D eigenvalue weighted by atomic mass is 32.1. The minimum atomic E-state index is -0.665. The molecular weight excluding hydrogens is 462 g/mol. The molecule has 172 valence electrons. The number of likely N-dealkylation sites (tertiary alicyclic amines) is 1. The van der Waals surface area contributed by atoms with Crippen molar-refractivity contribution in [2.24, 2.45) is 0 Å². The van der Waals surface area contributed by atoms with Gasteiger partial charge in [-0.2, -0.15) is 0 Å². The van der Waals surface area contributed by atoms with E-state index >= 15 is 4.39 Å². The number of hydrogen-bond acceptors (Lipinski definition) is 7. The Morgan fingerprint density at radius 3 is 2.91 bits per heavy atom. The molecule has 5 heterocycles. The Morgan fingerprint density at radius 1 is 1.24 bits per heavy atom. The first kappa shape index (κ1) is 21.3. The van der Waals surface area contributed by atoms with Crippen LogP contribution in [0.4, 0.5) is 20.2 Å². The lowest BCUT2D eigenvalue weighted by atomic mass is 9.77. The standard InChI is InChI=1S/C24H24F2N4OS2/c1-2-30-8-4-15(24(30)5-9-31-10-6-24)18-11-14-17(3-7-27-23(14)33-18)29-21-16(25)12-19-22(20(21)26)28-13-32-19/h3,7,11-13,15H,2,4-6,8-10H2,1H3,(H,27,29)/t15-/m0/s1. The van der Waals surface area contributed by atoms with Gasteiger partial charge in [0.15, 0.2) is 11.6 Å². The number of fused-ring (bicyclic) bond motifs is 2. The first-order chi connectivity index (χ1) is 16.1. The zero-order chi connectivity index (χ0) is 22.6. The van der Waals surface area contributed by atoms with Crippen LogP contribution in [0.5, 0.6) is 0 Å². The van der Waals surface area contributed by atoms with Gasteiger partial charge in [-0.3, -0.25) is 4.90 Å². The van der Waals surface area contributed by atoms with Gasteiger partial charge in [0.1, 0.15) is 16.0 Å². The van der Waals surface area contributed by atoms with Gasteiger partial charge in [-0.05, 0) is 50.6 Å². The first-order valence-corrected chi connectivity index (χ1v) is 13.0. The third-order valence-electron chi connectivity index (χ3n) is 7.28. The SMILES string of the molecule is CCN1CC[C@@H](c2cc3c(Nc4c(F)cc5scnc5c4F)ccnc3s2)C12CCOCC2. The summed E-state index contributed by atoms with van der Waals surface area (Å²) in [6.45, 7) is 5.93. The second-order valence-corrected chi connectivity index (χ2v) is 10.7. The summed E-state index contributed by atoms with van der Waals surface area (Å²) in [5.41, 5.74) is 2.32. The van der Waals surface area contributed by atoms with E-state index in [2.05, 4.69) is 33.2 Å². The summed E-state index contributed by atoms with van der Waals surface area (Å²) in [5, 5.41) is 3.91. The molecule has 3 aromatic heterocycles. The van der Waals surface area contributed by atoms with E-state index in [9.17, 15) is 4.39 Å². The Balaban J connectivity index is 1.40. The normalized spacial score (nSPS) is 20.9. The van der Waals surface area contributed by atoms with E-state index in [0.717, 1.165) is 55.8 Å². The summed E-state index contributed by atoms with van der Waals surface area (Å²) in [4.78, 5) is 13.4. The number of rotatable bonds is 4. The summed E-state index contributed by atoms with van der Waals surface area (Å²) >= 11 is 2.92. The van der Waals surface area contributed by atoms with Gasteiger partial charge in [-0.15, -0.1) is 22.7 Å². The number of anilines is 2. The molecule has 0 amide bonds. The lowest BCUT2D eigenvalue weighted by molar-refractivity contribution is -0.0132. The molecule has 2 aliphatic heterocycles. The van der Waals surface area contributed by atoms with Crippen molar-refractivity contribution in [3.8, 4) is 0 Å². The number of thiazole rings is 1. The Morgan fingerprint density at radius 2 is 2.09 bits per heavy atom. The molecule has 0 bridgehead atoms. The largest absolute Gasteiger partial charge is 0.381 e. The highest BCUT2D eigenvalue weighted by molar-refractivity contribution is 7.18. The number of hydrogen-bond donors (Lipinski definition) is 1. The molecule has 33 heavy (non-hydrogen) atoms. The minimum Gasteiger partial charge on any atom is -0.381 e.